The highest BCUT2D eigenvalue weighted by Gasteiger charge is 2.28. The highest BCUT2D eigenvalue weighted by atomic mass is 16.5. The minimum Gasteiger partial charge on any atom is -0.383 e. The predicted octanol–water partition coefficient (Wildman–Crippen LogP) is 1.26. The summed E-state index contributed by atoms with van der Waals surface area (Å²) in [6.45, 7) is 0.313. The number of carbonyl (C=O) groups is 1. The Balaban J connectivity index is 1.92. The summed E-state index contributed by atoms with van der Waals surface area (Å²) in [5.74, 6) is 0.466. The molecule has 0 heterocycles. The van der Waals surface area contributed by atoms with Crippen molar-refractivity contribution in [2.75, 3.05) is 13.7 Å². The number of fused-ring (bicyclic) bond motifs is 1. The average Bonchev–Trinajstić information content (AvgIpc) is 2.26. The standard InChI is InChI=1S/C13H17NO2/c1-16-8-12(14)13(15)7-10-6-9-4-2-3-5-11(9)10/h2-5,10,12H,6-8,14H2,1H3. The highest BCUT2D eigenvalue weighted by Crippen LogP contribution is 2.37. The molecule has 16 heavy (non-hydrogen) atoms. The maximum atomic E-state index is 11.7. The summed E-state index contributed by atoms with van der Waals surface area (Å²) in [4.78, 5) is 11.7. The van der Waals surface area contributed by atoms with Crippen LogP contribution in [0.4, 0.5) is 0 Å². The van der Waals surface area contributed by atoms with Crippen LogP contribution < -0.4 is 5.73 Å². The lowest BCUT2D eigenvalue weighted by Crippen LogP contribution is -2.36. The van der Waals surface area contributed by atoms with Crippen molar-refractivity contribution in [2.45, 2.75) is 24.8 Å². The van der Waals surface area contributed by atoms with Gasteiger partial charge in [0.1, 0.15) is 0 Å². The van der Waals surface area contributed by atoms with Gasteiger partial charge >= 0.3 is 0 Å². The van der Waals surface area contributed by atoms with Gasteiger partial charge in [0, 0.05) is 13.5 Å². The van der Waals surface area contributed by atoms with E-state index in [-0.39, 0.29) is 5.78 Å². The van der Waals surface area contributed by atoms with Gasteiger partial charge in [-0.25, -0.2) is 0 Å². The summed E-state index contributed by atoms with van der Waals surface area (Å²) in [6, 6.07) is 7.79. The Morgan fingerprint density at radius 1 is 1.56 bits per heavy atom. The number of ether oxygens (including phenoxy) is 1. The van der Waals surface area contributed by atoms with E-state index in [4.69, 9.17) is 10.5 Å². The van der Waals surface area contributed by atoms with Gasteiger partial charge < -0.3 is 10.5 Å². The largest absolute Gasteiger partial charge is 0.383 e. The van der Waals surface area contributed by atoms with Gasteiger partial charge in [0.05, 0.1) is 12.6 Å². The first-order valence-corrected chi connectivity index (χ1v) is 5.57. The molecule has 1 aromatic carbocycles. The smallest absolute Gasteiger partial charge is 0.152 e. The molecule has 0 amide bonds. The Hall–Kier alpha value is -1.19. The normalized spacial score (nSPS) is 19.8. The van der Waals surface area contributed by atoms with Crippen LogP contribution in [0, 0.1) is 0 Å². The van der Waals surface area contributed by atoms with Gasteiger partial charge in [-0.2, -0.15) is 0 Å². The van der Waals surface area contributed by atoms with Crippen molar-refractivity contribution in [2.24, 2.45) is 5.73 Å². The number of rotatable bonds is 5. The van der Waals surface area contributed by atoms with Crippen LogP contribution in [0.15, 0.2) is 24.3 Å². The first-order chi connectivity index (χ1) is 7.72. The summed E-state index contributed by atoms with van der Waals surface area (Å²) in [6.07, 6.45) is 1.54. The van der Waals surface area contributed by atoms with Crippen molar-refractivity contribution >= 4 is 5.78 Å². The number of hydrogen-bond acceptors (Lipinski definition) is 3. The highest BCUT2D eigenvalue weighted by molar-refractivity contribution is 5.85. The Morgan fingerprint density at radius 2 is 2.31 bits per heavy atom. The molecule has 0 aliphatic heterocycles. The van der Waals surface area contributed by atoms with E-state index in [1.54, 1.807) is 7.11 Å². The SMILES string of the molecule is COCC(N)C(=O)CC1Cc2ccccc21. The molecule has 2 atom stereocenters. The fraction of sp³-hybridized carbons (Fsp3) is 0.462. The minimum atomic E-state index is -0.474. The Kier molecular flexibility index (Phi) is 3.36. The predicted molar refractivity (Wildman–Crippen MR) is 62.4 cm³/mol. The molecule has 3 heteroatoms. The van der Waals surface area contributed by atoms with Gasteiger partial charge in [0.15, 0.2) is 5.78 Å². The van der Waals surface area contributed by atoms with Crippen LogP contribution in [0.25, 0.3) is 0 Å². The lowest BCUT2D eigenvalue weighted by atomic mass is 9.74. The Labute approximate surface area is 95.6 Å². The number of ketones is 1. The van der Waals surface area contributed by atoms with Gasteiger partial charge in [-0.05, 0) is 23.5 Å². The van der Waals surface area contributed by atoms with Crippen LogP contribution in [0.2, 0.25) is 0 Å². The monoisotopic (exact) mass is 219 g/mol. The Bertz CT molecular complexity index is 389. The minimum absolute atomic E-state index is 0.0985. The summed E-state index contributed by atoms with van der Waals surface area (Å²) < 4.78 is 4.88. The second-order valence-electron chi connectivity index (χ2n) is 4.33. The van der Waals surface area contributed by atoms with E-state index in [1.165, 1.54) is 11.1 Å². The first kappa shape index (κ1) is 11.3. The molecule has 0 aromatic heterocycles. The molecule has 0 bridgehead atoms. The van der Waals surface area contributed by atoms with Crippen LogP contribution in [0.5, 0.6) is 0 Å². The van der Waals surface area contributed by atoms with Gasteiger partial charge in [-0.3, -0.25) is 4.79 Å². The molecule has 2 unspecified atom stereocenters. The zero-order chi connectivity index (χ0) is 11.5. The molecule has 0 saturated heterocycles. The number of Topliss-reactive ketones (excluding diaryl/α,β-unsaturated/α-hetero) is 1. The van der Waals surface area contributed by atoms with E-state index in [0.29, 0.717) is 18.9 Å². The van der Waals surface area contributed by atoms with Crippen molar-refractivity contribution in [1.82, 2.24) is 0 Å². The third-order valence-electron chi connectivity index (χ3n) is 3.17. The summed E-state index contributed by atoms with van der Waals surface area (Å²) in [5, 5.41) is 0. The van der Waals surface area contributed by atoms with Crippen LogP contribution in [0.1, 0.15) is 23.5 Å². The molecule has 0 fully saturated rings. The lowest BCUT2D eigenvalue weighted by molar-refractivity contribution is -0.121. The fourth-order valence-electron chi connectivity index (χ4n) is 2.21. The molecule has 3 nitrogen and oxygen atoms in total. The van der Waals surface area contributed by atoms with Gasteiger partial charge in [-0.15, -0.1) is 0 Å². The van der Waals surface area contributed by atoms with Crippen LogP contribution in [-0.2, 0) is 16.0 Å². The van der Waals surface area contributed by atoms with Crippen LogP contribution in [0.3, 0.4) is 0 Å². The molecule has 0 radical (unpaired) electrons. The maximum absolute atomic E-state index is 11.7. The van der Waals surface area contributed by atoms with E-state index in [0.717, 1.165) is 6.42 Å². The average molecular weight is 219 g/mol. The molecular formula is C13H17NO2. The van der Waals surface area contributed by atoms with Crippen molar-refractivity contribution in [3.8, 4) is 0 Å². The molecule has 2 rings (SSSR count). The summed E-state index contributed by atoms with van der Waals surface area (Å²) in [5.41, 5.74) is 8.37. The van der Waals surface area contributed by atoms with Crippen LogP contribution >= 0.6 is 0 Å². The number of carbonyl (C=O) groups excluding carboxylic acids is 1. The van der Waals surface area contributed by atoms with Crippen molar-refractivity contribution in [1.29, 1.82) is 0 Å². The first-order valence-electron chi connectivity index (χ1n) is 5.57. The van der Waals surface area contributed by atoms with E-state index in [9.17, 15) is 4.79 Å². The fourth-order valence-corrected chi connectivity index (χ4v) is 2.21. The van der Waals surface area contributed by atoms with Crippen molar-refractivity contribution in [3.63, 3.8) is 0 Å². The Morgan fingerprint density at radius 3 is 3.00 bits per heavy atom. The van der Waals surface area contributed by atoms with Gasteiger partial charge in [0.25, 0.3) is 0 Å². The van der Waals surface area contributed by atoms with Crippen LogP contribution in [-0.4, -0.2) is 25.5 Å². The number of methoxy groups -OCH3 is 1. The van der Waals surface area contributed by atoms with Crippen molar-refractivity contribution < 1.29 is 9.53 Å². The number of benzene rings is 1. The van der Waals surface area contributed by atoms with E-state index in [2.05, 4.69) is 12.1 Å². The number of nitrogens with two attached hydrogens (primary N) is 1. The van der Waals surface area contributed by atoms with Gasteiger partial charge in [-0.1, -0.05) is 24.3 Å². The molecule has 0 saturated carbocycles. The molecule has 86 valence electrons. The second-order valence-corrected chi connectivity index (χ2v) is 4.33. The maximum Gasteiger partial charge on any atom is 0.152 e. The summed E-state index contributed by atoms with van der Waals surface area (Å²) >= 11 is 0. The zero-order valence-corrected chi connectivity index (χ0v) is 9.48. The quantitative estimate of drug-likeness (QED) is 0.811. The third-order valence-corrected chi connectivity index (χ3v) is 3.17. The van der Waals surface area contributed by atoms with E-state index in [1.807, 2.05) is 12.1 Å². The van der Waals surface area contributed by atoms with Gasteiger partial charge in [0.2, 0.25) is 0 Å². The summed E-state index contributed by atoms with van der Waals surface area (Å²) in [7, 11) is 1.56. The molecule has 0 spiro atoms. The number of hydrogen-bond donors (Lipinski definition) is 1. The molecular weight excluding hydrogens is 202 g/mol. The molecule has 2 N–H and O–H groups in total. The third kappa shape index (κ3) is 2.15. The van der Waals surface area contributed by atoms with E-state index < -0.39 is 6.04 Å². The van der Waals surface area contributed by atoms with Crippen molar-refractivity contribution in [3.05, 3.63) is 35.4 Å². The molecule has 1 aromatic rings. The second kappa shape index (κ2) is 4.76. The molecule has 1 aliphatic rings. The van der Waals surface area contributed by atoms with E-state index >= 15 is 0 Å². The zero-order valence-electron chi connectivity index (χ0n) is 9.48. The topological polar surface area (TPSA) is 52.3 Å². The molecule has 1 aliphatic carbocycles. The lowest BCUT2D eigenvalue weighted by Gasteiger charge is -2.30.